The SMILES string of the molecule is O=S(=O)(NCc1ccccc1-c1ccc([C@H]2O[C@@H](CN3CCC4(CC3)OCCO4)C[C@@H](c3ccc(CO)cc3)O2)cc1)c1ccccc1. The first-order valence-electron chi connectivity index (χ1n) is 16.6. The average molecular weight is 671 g/mol. The van der Waals surface area contributed by atoms with Crippen LogP contribution in [0.3, 0.4) is 0 Å². The summed E-state index contributed by atoms with van der Waals surface area (Å²) in [4.78, 5) is 2.67. The molecule has 3 aliphatic heterocycles. The van der Waals surface area contributed by atoms with Gasteiger partial charge < -0.3 is 29.0 Å². The van der Waals surface area contributed by atoms with E-state index in [4.69, 9.17) is 18.9 Å². The van der Waals surface area contributed by atoms with Gasteiger partial charge in [0.2, 0.25) is 10.0 Å². The highest BCUT2D eigenvalue weighted by Crippen LogP contribution is 2.40. The number of hydrogen-bond acceptors (Lipinski definition) is 8. The third kappa shape index (κ3) is 7.56. The number of hydrogen-bond donors (Lipinski definition) is 2. The summed E-state index contributed by atoms with van der Waals surface area (Å²) in [6.07, 6.45) is 1.63. The molecule has 0 aromatic heterocycles. The van der Waals surface area contributed by atoms with E-state index in [0.717, 1.165) is 65.9 Å². The summed E-state index contributed by atoms with van der Waals surface area (Å²) in [6, 6.07) is 32.3. The summed E-state index contributed by atoms with van der Waals surface area (Å²) < 4.78 is 53.6. The lowest BCUT2D eigenvalue weighted by molar-refractivity contribution is -0.255. The van der Waals surface area contributed by atoms with Gasteiger partial charge in [-0.3, -0.25) is 0 Å². The van der Waals surface area contributed by atoms with E-state index in [1.165, 1.54) is 0 Å². The van der Waals surface area contributed by atoms with Gasteiger partial charge in [-0.15, -0.1) is 0 Å². The van der Waals surface area contributed by atoms with Crippen LogP contribution in [0.5, 0.6) is 0 Å². The maximum Gasteiger partial charge on any atom is 0.240 e. The molecule has 3 atom stereocenters. The third-order valence-electron chi connectivity index (χ3n) is 9.53. The predicted octanol–water partition coefficient (Wildman–Crippen LogP) is 5.71. The van der Waals surface area contributed by atoms with E-state index in [-0.39, 0.29) is 30.3 Å². The van der Waals surface area contributed by atoms with Crippen molar-refractivity contribution in [3.63, 3.8) is 0 Å². The second kappa shape index (κ2) is 14.6. The Hall–Kier alpha value is -3.45. The Kier molecular flexibility index (Phi) is 10.0. The highest BCUT2D eigenvalue weighted by Gasteiger charge is 2.41. The van der Waals surface area contributed by atoms with E-state index < -0.39 is 22.1 Å². The molecule has 0 aliphatic carbocycles. The summed E-state index contributed by atoms with van der Waals surface area (Å²) >= 11 is 0. The van der Waals surface area contributed by atoms with Crippen molar-refractivity contribution in [2.24, 2.45) is 0 Å². The van der Waals surface area contributed by atoms with Crippen LogP contribution in [0.1, 0.15) is 53.9 Å². The van der Waals surface area contributed by atoms with Crippen LogP contribution in [-0.2, 0) is 42.1 Å². The van der Waals surface area contributed by atoms with Gasteiger partial charge in [-0.1, -0.05) is 91.0 Å². The second-order valence-corrected chi connectivity index (χ2v) is 14.4. The van der Waals surface area contributed by atoms with E-state index in [1.54, 1.807) is 30.3 Å². The van der Waals surface area contributed by atoms with Crippen molar-refractivity contribution in [2.45, 2.75) is 61.6 Å². The van der Waals surface area contributed by atoms with Crippen LogP contribution in [-0.4, -0.2) is 63.2 Å². The molecule has 10 heteroatoms. The molecule has 3 saturated heterocycles. The fraction of sp³-hybridized carbons (Fsp3) is 0.368. The number of rotatable bonds is 10. The molecule has 48 heavy (non-hydrogen) atoms. The van der Waals surface area contributed by atoms with Gasteiger partial charge >= 0.3 is 0 Å². The Balaban J connectivity index is 1.07. The van der Waals surface area contributed by atoms with Crippen molar-refractivity contribution in [2.75, 3.05) is 32.8 Å². The first-order valence-corrected chi connectivity index (χ1v) is 18.1. The van der Waals surface area contributed by atoms with Crippen molar-refractivity contribution >= 4 is 10.0 Å². The van der Waals surface area contributed by atoms with Crippen LogP contribution >= 0.6 is 0 Å². The lowest BCUT2D eigenvalue weighted by atomic mass is 9.97. The van der Waals surface area contributed by atoms with Crippen LogP contribution in [0.25, 0.3) is 11.1 Å². The molecule has 3 heterocycles. The first-order chi connectivity index (χ1) is 23.4. The van der Waals surface area contributed by atoms with Gasteiger partial charge in [0.15, 0.2) is 12.1 Å². The van der Waals surface area contributed by atoms with Gasteiger partial charge in [0.25, 0.3) is 0 Å². The summed E-state index contributed by atoms with van der Waals surface area (Å²) in [7, 11) is -3.64. The Labute approximate surface area is 282 Å². The minimum Gasteiger partial charge on any atom is -0.392 e. The molecule has 1 spiro atoms. The summed E-state index contributed by atoms with van der Waals surface area (Å²) in [5, 5.41) is 9.56. The smallest absolute Gasteiger partial charge is 0.240 e. The molecular formula is C38H42N2O7S. The normalized spacial score (nSPS) is 23.0. The van der Waals surface area contributed by atoms with E-state index in [0.29, 0.717) is 19.6 Å². The third-order valence-corrected chi connectivity index (χ3v) is 10.9. The Morgan fingerprint density at radius 1 is 0.792 bits per heavy atom. The van der Waals surface area contributed by atoms with E-state index in [9.17, 15) is 13.5 Å². The molecule has 0 amide bonds. The fourth-order valence-electron chi connectivity index (χ4n) is 6.81. The lowest BCUT2D eigenvalue weighted by Gasteiger charge is -2.41. The maximum absolute atomic E-state index is 12.9. The van der Waals surface area contributed by atoms with Crippen LogP contribution < -0.4 is 4.72 Å². The van der Waals surface area contributed by atoms with Crippen molar-refractivity contribution in [1.29, 1.82) is 0 Å². The van der Waals surface area contributed by atoms with Gasteiger partial charge in [0.05, 0.1) is 36.9 Å². The quantitative estimate of drug-likeness (QED) is 0.221. The fourth-order valence-corrected chi connectivity index (χ4v) is 7.84. The van der Waals surface area contributed by atoms with Crippen molar-refractivity contribution in [3.8, 4) is 11.1 Å². The van der Waals surface area contributed by atoms with Gasteiger partial charge in [-0.2, -0.15) is 0 Å². The molecule has 4 aromatic carbocycles. The molecule has 4 aromatic rings. The number of benzene rings is 4. The number of aliphatic hydroxyl groups is 1. The number of ether oxygens (including phenoxy) is 4. The minimum absolute atomic E-state index is 0.00156. The lowest BCUT2D eigenvalue weighted by Crippen LogP contribution is -2.48. The van der Waals surface area contributed by atoms with Crippen molar-refractivity contribution in [1.82, 2.24) is 9.62 Å². The molecule has 9 nitrogen and oxygen atoms in total. The van der Waals surface area contributed by atoms with Gasteiger partial charge in [-0.25, -0.2) is 13.1 Å². The Morgan fingerprint density at radius 2 is 1.46 bits per heavy atom. The van der Waals surface area contributed by atoms with Crippen molar-refractivity contribution < 1.29 is 32.5 Å². The Morgan fingerprint density at radius 3 is 2.17 bits per heavy atom. The molecule has 3 aliphatic rings. The molecule has 0 unspecified atom stereocenters. The van der Waals surface area contributed by atoms with Crippen molar-refractivity contribution in [3.05, 3.63) is 125 Å². The molecule has 0 bridgehead atoms. The van der Waals surface area contributed by atoms with Gasteiger partial charge in [-0.05, 0) is 39.9 Å². The number of piperidine rings is 1. The first kappa shape index (κ1) is 33.1. The van der Waals surface area contributed by atoms with Crippen LogP contribution in [0, 0.1) is 0 Å². The van der Waals surface area contributed by atoms with E-state index in [2.05, 4.69) is 9.62 Å². The zero-order valence-electron chi connectivity index (χ0n) is 26.9. The zero-order valence-corrected chi connectivity index (χ0v) is 27.7. The van der Waals surface area contributed by atoms with E-state index in [1.807, 2.05) is 72.8 Å². The second-order valence-electron chi connectivity index (χ2n) is 12.7. The summed E-state index contributed by atoms with van der Waals surface area (Å²) in [5.74, 6) is -0.418. The average Bonchev–Trinajstić information content (AvgIpc) is 3.60. The number of nitrogens with one attached hydrogen (secondary N) is 1. The highest BCUT2D eigenvalue weighted by molar-refractivity contribution is 7.89. The molecule has 3 fully saturated rings. The molecule has 0 radical (unpaired) electrons. The van der Waals surface area contributed by atoms with Gasteiger partial charge in [0, 0.05) is 51.0 Å². The summed E-state index contributed by atoms with van der Waals surface area (Å²) in [5.41, 5.74) is 5.62. The number of aliphatic hydroxyl groups excluding tert-OH is 1. The number of likely N-dealkylation sites (tertiary alicyclic amines) is 1. The van der Waals surface area contributed by atoms with Crippen LogP contribution in [0.15, 0.2) is 108 Å². The topological polar surface area (TPSA) is 107 Å². The molecular weight excluding hydrogens is 628 g/mol. The Bertz CT molecular complexity index is 1750. The number of nitrogens with zero attached hydrogens (tertiary/aromatic N) is 1. The molecule has 7 rings (SSSR count). The standard InChI is InChI=1S/C38H42N2O7S/c41-27-28-10-12-30(13-11-28)36-24-33(26-40-20-18-38(19-21-40)44-22-23-45-38)46-37(47-36)31-16-14-29(15-17-31)35-9-5-4-6-32(35)25-39-48(42,43)34-7-2-1-3-8-34/h1-17,33,36-37,39,41H,18-27H2/t33-,36+,37+/m1/s1. The predicted molar refractivity (Wildman–Crippen MR) is 181 cm³/mol. The zero-order chi connectivity index (χ0) is 33.0. The molecule has 252 valence electrons. The monoisotopic (exact) mass is 670 g/mol. The molecule has 0 saturated carbocycles. The maximum atomic E-state index is 12.9. The van der Waals surface area contributed by atoms with Crippen LogP contribution in [0.4, 0.5) is 0 Å². The minimum atomic E-state index is -3.64. The number of sulfonamides is 1. The largest absolute Gasteiger partial charge is 0.392 e. The van der Waals surface area contributed by atoms with Gasteiger partial charge in [0.1, 0.15) is 0 Å². The van der Waals surface area contributed by atoms with Crippen LogP contribution in [0.2, 0.25) is 0 Å². The molecule has 2 N–H and O–H groups in total. The highest BCUT2D eigenvalue weighted by atomic mass is 32.2. The van der Waals surface area contributed by atoms with E-state index >= 15 is 0 Å². The summed E-state index contributed by atoms with van der Waals surface area (Å²) in [6.45, 7) is 4.05.